The first-order chi connectivity index (χ1) is 7.40. The van der Waals surface area contributed by atoms with Crippen LogP contribution in [0.25, 0.3) is 0 Å². The molecule has 0 aliphatic carbocycles. The second kappa shape index (κ2) is 4.61. The van der Waals surface area contributed by atoms with Crippen LogP contribution in [0.2, 0.25) is 0 Å². The summed E-state index contributed by atoms with van der Waals surface area (Å²) >= 11 is 0. The van der Waals surface area contributed by atoms with Crippen molar-refractivity contribution in [1.82, 2.24) is 4.98 Å². The van der Waals surface area contributed by atoms with Gasteiger partial charge in [0.2, 0.25) is 0 Å². The van der Waals surface area contributed by atoms with Crippen LogP contribution in [0.5, 0.6) is 0 Å². The zero-order valence-electron chi connectivity index (χ0n) is 10.2. The van der Waals surface area contributed by atoms with Crippen LogP contribution in [-0.2, 0) is 16.7 Å². The van der Waals surface area contributed by atoms with E-state index in [0.717, 1.165) is 11.3 Å². The maximum absolute atomic E-state index is 11.4. The van der Waals surface area contributed by atoms with Crippen LogP contribution >= 0.6 is 0 Å². The molecule has 1 aromatic rings. The molecule has 0 radical (unpaired) electrons. The lowest BCUT2D eigenvalue weighted by Crippen LogP contribution is -2.20. The third-order valence-corrected chi connectivity index (χ3v) is 2.30. The highest BCUT2D eigenvalue weighted by Gasteiger charge is 2.21. The van der Waals surface area contributed by atoms with Gasteiger partial charge in [-0.25, -0.2) is 9.78 Å². The average Bonchev–Trinajstić information content (AvgIpc) is 2.26. The van der Waals surface area contributed by atoms with Gasteiger partial charge in [0.1, 0.15) is 5.69 Å². The lowest BCUT2D eigenvalue weighted by Gasteiger charge is -2.21. The molecule has 4 heteroatoms. The van der Waals surface area contributed by atoms with E-state index >= 15 is 0 Å². The number of rotatable bonds is 2. The second-order valence-corrected chi connectivity index (χ2v) is 4.65. The van der Waals surface area contributed by atoms with Crippen molar-refractivity contribution < 1.29 is 9.53 Å². The average molecular weight is 222 g/mol. The molecule has 1 rings (SSSR count). The molecule has 0 amide bonds. The van der Waals surface area contributed by atoms with Gasteiger partial charge in [-0.15, -0.1) is 0 Å². The Morgan fingerprint density at radius 3 is 2.50 bits per heavy atom. The lowest BCUT2D eigenvalue weighted by molar-refractivity contribution is 0.0593. The molecule has 4 nitrogen and oxygen atoms in total. The largest absolute Gasteiger partial charge is 0.464 e. The van der Waals surface area contributed by atoms with E-state index in [0.29, 0.717) is 12.2 Å². The van der Waals surface area contributed by atoms with E-state index in [4.69, 9.17) is 5.73 Å². The number of nitrogens with zero attached hydrogens (tertiary/aromatic N) is 1. The summed E-state index contributed by atoms with van der Waals surface area (Å²) in [5.74, 6) is -0.422. The molecule has 0 saturated heterocycles. The standard InChI is InChI=1S/C12H18N2O2/c1-12(2,3)10-8(7-13)5-6-9(14-10)11(15)16-4/h5-6H,7,13H2,1-4H3. The molecule has 0 fully saturated rings. The quantitative estimate of drug-likeness (QED) is 0.772. The van der Waals surface area contributed by atoms with Crippen molar-refractivity contribution in [2.45, 2.75) is 32.7 Å². The number of carbonyl (C=O) groups excluding carboxylic acids is 1. The summed E-state index contributed by atoms with van der Waals surface area (Å²) in [6, 6.07) is 3.48. The SMILES string of the molecule is COC(=O)c1ccc(CN)c(C(C)(C)C)n1. The summed E-state index contributed by atoms with van der Waals surface area (Å²) in [6.45, 7) is 6.53. The number of methoxy groups -OCH3 is 1. The predicted octanol–water partition coefficient (Wildman–Crippen LogP) is 1.62. The highest BCUT2D eigenvalue weighted by atomic mass is 16.5. The maximum atomic E-state index is 11.4. The molecule has 1 aromatic heterocycles. The van der Waals surface area contributed by atoms with Gasteiger partial charge in [-0.1, -0.05) is 26.8 Å². The molecule has 0 atom stereocenters. The number of esters is 1. The molecule has 16 heavy (non-hydrogen) atoms. The van der Waals surface area contributed by atoms with Crippen molar-refractivity contribution in [2.24, 2.45) is 5.73 Å². The minimum atomic E-state index is -0.422. The third-order valence-electron chi connectivity index (χ3n) is 2.30. The lowest BCUT2D eigenvalue weighted by atomic mass is 9.88. The Kier molecular flexibility index (Phi) is 3.65. The first-order valence-electron chi connectivity index (χ1n) is 5.19. The van der Waals surface area contributed by atoms with Gasteiger partial charge in [-0.2, -0.15) is 0 Å². The number of hydrogen-bond donors (Lipinski definition) is 1. The van der Waals surface area contributed by atoms with Crippen molar-refractivity contribution in [1.29, 1.82) is 0 Å². The van der Waals surface area contributed by atoms with Crippen LogP contribution in [0, 0.1) is 0 Å². The minimum absolute atomic E-state index is 0.140. The van der Waals surface area contributed by atoms with Crippen LogP contribution in [0.3, 0.4) is 0 Å². The molecule has 0 saturated carbocycles. The number of pyridine rings is 1. The Bertz CT molecular complexity index is 394. The second-order valence-electron chi connectivity index (χ2n) is 4.65. The molecule has 0 aromatic carbocycles. The summed E-state index contributed by atoms with van der Waals surface area (Å²) < 4.78 is 4.64. The van der Waals surface area contributed by atoms with Crippen LogP contribution in [0.4, 0.5) is 0 Å². The molecule has 0 spiro atoms. The summed E-state index contributed by atoms with van der Waals surface area (Å²) in [7, 11) is 1.34. The highest BCUT2D eigenvalue weighted by molar-refractivity contribution is 5.87. The van der Waals surface area contributed by atoms with E-state index in [1.807, 2.05) is 26.8 Å². The van der Waals surface area contributed by atoms with Gasteiger partial charge in [-0.05, 0) is 11.6 Å². The topological polar surface area (TPSA) is 65.2 Å². The monoisotopic (exact) mass is 222 g/mol. The number of aromatic nitrogens is 1. The zero-order chi connectivity index (χ0) is 12.3. The predicted molar refractivity (Wildman–Crippen MR) is 62.2 cm³/mol. The van der Waals surface area contributed by atoms with Crippen molar-refractivity contribution in [3.8, 4) is 0 Å². The molecular formula is C12H18N2O2. The highest BCUT2D eigenvalue weighted by Crippen LogP contribution is 2.24. The fourth-order valence-electron chi connectivity index (χ4n) is 1.52. The van der Waals surface area contributed by atoms with Crippen molar-refractivity contribution >= 4 is 5.97 Å². The molecule has 0 aliphatic rings. The van der Waals surface area contributed by atoms with E-state index in [2.05, 4.69) is 9.72 Å². The molecule has 1 heterocycles. The van der Waals surface area contributed by atoms with Crippen LogP contribution in [0.15, 0.2) is 12.1 Å². The molecular weight excluding hydrogens is 204 g/mol. The van der Waals surface area contributed by atoms with Gasteiger partial charge < -0.3 is 10.5 Å². The first kappa shape index (κ1) is 12.6. The van der Waals surface area contributed by atoms with E-state index in [-0.39, 0.29) is 5.41 Å². The number of carbonyl (C=O) groups is 1. The Morgan fingerprint density at radius 1 is 1.44 bits per heavy atom. The van der Waals surface area contributed by atoms with E-state index < -0.39 is 5.97 Å². The summed E-state index contributed by atoms with van der Waals surface area (Å²) in [5, 5.41) is 0. The van der Waals surface area contributed by atoms with Crippen LogP contribution in [-0.4, -0.2) is 18.1 Å². The number of ether oxygens (including phenoxy) is 1. The molecule has 0 aliphatic heterocycles. The molecule has 88 valence electrons. The van der Waals surface area contributed by atoms with E-state index in [1.165, 1.54) is 7.11 Å². The Morgan fingerprint density at radius 2 is 2.06 bits per heavy atom. The van der Waals surface area contributed by atoms with Gasteiger partial charge in [0, 0.05) is 12.0 Å². The van der Waals surface area contributed by atoms with Crippen molar-refractivity contribution in [2.75, 3.05) is 7.11 Å². The van der Waals surface area contributed by atoms with Crippen LogP contribution < -0.4 is 5.73 Å². The smallest absolute Gasteiger partial charge is 0.356 e. The maximum Gasteiger partial charge on any atom is 0.356 e. The van der Waals surface area contributed by atoms with Crippen LogP contribution in [0.1, 0.15) is 42.5 Å². The van der Waals surface area contributed by atoms with Gasteiger partial charge in [0.25, 0.3) is 0 Å². The van der Waals surface area contributed by atoms with Gasteiger partial charge in [0.15, 0.2) is 0 Å². The fraction of sp³-hybridized carbons (Fsp3) is 0.500. The molecule has 0 unspecified atom stereocenters. The summed E-state index contributed by atoms with van der Waals surface area (Å²) in [6.07, 6.45) is 0. The minimum Gasteiger partial charge on any atom is -0.464 e. The molecule has 2 N–H and O–H groups in total. The zero-order valence-corrected chi connectivity index (χ0v) is 10.2. The number of hydrogen-bond acceptors (Lipinski definition) is 4. The normalized spacial score (nSPS) is 11.3. The van der Waals surface area contributed by atoms with E-state index in [1.54, 1.807) is 6.07 Å². The van der Waals surface area contributed by atoms with Gasteiger partial charge in [-0.3, -0.25) is 0 Å². The van der Waals surface area contributed by atoms with Crippen molar-refractivity contribution in [3.63, 3.8) is 0 Å². The third kappa shape index (κ3) is 2.58. The molecule has 0 bridgehead atoms. The summed E-state index contributed by atoms with van der Waals surface area (Å²) in [5.41, 5.74) is 7.64. The number of nitrogens with two attached hydrogens (primary N) is 1. The Hall–Kier alpha value is -1.42. The van der Waals surface area contributed by atoms with Gasteiger partial charge >= 0.3 is 5.97 Å². The summed E-state index contributed by atoms with van der Waals surface area (Å²) in [4.78, 5) is 15.7. The Balaban J connectivity index is 3.27. The van der Waals surface area contributed by atoms with Gasteiger partial charge in [0.05, 0.1) is 12.8 Å². The van der Waals surface area contributed by atoms with Crippen molar-refractivity contribution in [3.05, 3.63) is 29.1 Å². The first-order valence-corrected chi connectivity index (χ1v) is 5.19. The van der Waals surface area contributed by atoms with E-state index in [9.17, 15) is 4.79 Å². The Labute approximate surface area is 95.8 Å². The fourth-order valence-corrected chi connectivity index (χ4v) is 1.52.